The van der Waals surface area contributed by atoms with Gasteiger partial charge in [0.05, 0.1) is 16.1 Å². The van der Waals surface area contributed by atoms with Crippen molar-refractivity contribution in [3.63, 3.8) is 0 Å². The number of hydrogen-bond donors (Lipinski definition) is 2. The van der Waals surface area contributed by atoms with Gasteiger partial charge in [-0.1, -0.05) is 77.6 Å². The van der Waals surface area contributed by atoms with Crippen LogP contribution >= 0.6 is 15.8 Å². The van der Waals surface area contributed by atoms with Crippen molar-refractivity contribution in [1.82, 2.24) is 10.6 Å². The van der Waals surface area contributed by atoms with E-state index in [4.69, 9.17) is 0 Å². The number of rotatable bonds is 10. The highest BCUT2D eigenvalue weighted by Gasteiger charge is 2.62. The number of nitrogens with one attached hydrogen (secondary N) is 2. The molecule has 8 bridgehead atoms. The highest BCUT2D eigenvalue weighted by Crippen LogP contribution is 2.79. The number of benzene rings is 1. The standard InChI is InChI=1S/C44H74N2P2Si2/c1-49(2,3)41-19-37(29-47(39-9-7-11-45-27-39)40-10-8-12-46-28-40)38(20-42(41)50(4,5)6)30-48(43-21-31-13-32(22-43)15-33(14-31)23-43)44-24-34-16-35(25-44)18-36(17-34)26-44/h19-20,31-36,39-40,45-46H,7-18,21-30H2,1-6H3. The van der Waals surface area contributed by atoms with Crippen LogP contribution in [0.25, 0.3) is 0 Å². The van der Waals surface area contributed by atoms with Gasteiger partial charge < -0.3 is 10.6 Å². The molecule has 2 saturated heterocycles. The molecule has 0 radical (unpaired) electrons. The highest BCUT2D eigenvalue weighted by atomic mass is 31.1. The van der Waals surface area contributed by atoms with Crippen molar-refractivity contribution in [2.75, 3.05) is 26.2 Å². The minimum Gasteiger partial charge on any atom is -0.316 e. The van der Waals surface area contributed by atoms with Gasteiger partial charge >= 0.3 is 0 Å². The van der Waals surface area contributed by atoms with Gasteiger partial charge in [-0.25, -0.2) is 0 Å². The van der Waals surface area contributed by atoms with E-state index in [0.29, 0.717) is 0 Å². The second kappa shape index (κ2) is 13.6. The molecule has 0 spiro atoms. The molecule has 2 nitrogen and oxygen atoms in total. The van der Waals surface area contributed by atoms with Crippen LogP contribution in [0, 0.1) is 35.5 Å². The maximum Gasteiger partial charge on any atom is 0.0774 e. The van der Waals surface area contributed by atoms with Crippen molar-refractivity contribution in [1.29, 1.82) is 0 Å². The molecule has 0 amide bonds. The summed E-state index contributed by atoms with van der Waals surface area (Å²) < 4.78 is 0. The lowest BCUT2D eigenvalue weighted by molar-refractivity contribution is 0.0184. The lowest BCUT2D eigenvalue weighted by Crippen LogP contribution is -2.57. The summed E-state index contributed by atoms with van der Waals surface area (Å²) in [6.45, 7) is 21.2. The predicted octanol–water partition coefficient (Wildman–Crippen LogP) is 10.2. The summed E-state index contributed by atoms with van der Waals surface area (Å²) in [4.78, 5) is 0. The van der Waals surface area contributed by atoms with Gasteiger partial charge in [-0.3, -0.25) is 0 Å². The molecule has 8 saturated carbocycles. The van der Waals surface area contributed by atoms with Crippen LogP contribution in [0.1, 0.15) is 114 Å². The Balaban J connectivity index is 1.17. The first-order valence-electron chi connectivity index (χ1n) is 22.0. The Morgan fingerprint density at radius 2 is 0.920 bits per heavy atom. The average molecular weight is 749 g/mol. The van der Waals surface area contributed by atoms with E-state index in [-0.39, 0.29) is 15.8 Å². The van der Waals surface area contributed by atoms with E-state index in [1.165, 1.54) is 64.2 Å². The van der Waals surface area contributed by atoms with Crippen LogP contribution < -0.4 is 21.0 Å². The third-order valence-electron chi connectivity index (χ3n) is 16.3. The molecular formula is C44H74N2P2Si2. The van der Waals surface area contributed by atoms with Crippen LogP contribution in [-0.4, -0.2) is 64.0 Å². The van der Waals surface area contributed by atoms with Crippen molar-refractivity contribution in [2.45, 2.75) is 176 Å². The van der Waals surface area contributed by atoms with Crippen molar-refractivity contribution < 1.29 is 0 Å². The summed E-state index contributed by atoms with van der Waals surface area (Å²) in [6, 6.07) is 5.99. The Labute approximate surface area is 312 Å². The van der Waals surface area contributed by atoms with E-state index >= 15 is 0 Å². The first-order valence-corrected chi connectivity index (χ1v) is 32.2. The molecule has 11 rings (SSSR count). The molecule has 6 heteroatoms. The first-order chi connectivity index (χ1) is 23.9. The zero-order chi connectivity index (χ0) is 34.5. The summed E-state index contributed by atoms with van der Waals surface area (Å²) >= 11 is 0. The maximum absolute atomic E-state index is 3.91. The van der Waals surface area contributed by atoms with Gasteiger partial charge in [0.15, 0.2) is 0 Å². The fraction of sp³-hybridized carbons (Fsp3) is 0.864. The third-order valence-corrected chi connectivity index (χ3v) is 28.1. The van der Waals surface area contributed by atoms with Crippen molar-refractivity contribution >= 4 is 42.4 Å². The van der Waals surface area contributed by atoms with Gasteiger partial charge in [0.1, 0.15) is 0 Å². The van der Waals surface area contributed by atoms with Crippen LogP contribution in [0.5, 0.6) is 0 Å². The number of piperidine rings is 2. The smallest absolute Gasteiger partial charge is 0.0774 e. The molecule has 10 fully saturated rings. The Hall–Kier alpha value is 0.434. The molecule has 2 N–H and O–H groups in total. The van der Waals surface area contributed by atoms with E-state index in [0.717, 1.165) is 57.1 Å². The van der Waals surface area contributed by atoms with Crippen LogP contribution in [0.3, 0.4) is 0 Å². The topological polar surface area (TPSA) is 24.1 Å². The van der Waals surface area contributed by atoms with Gasteiger partial charge in [0.2, 0.25) is 0 Å². The molecule has 50 heavy (non-hydrogen) atoms. The lowest BCUT2D eigenvalue weighted by Gasteiger charge is -2.67. The van der Waals surface area contributed by atoms with Crippen LogP contribution in [-0.2, 0) is 12.3 Å². The van der Waals surface area contributed by atoms with E-state index in [2.05, 4.69) is 62.0 Å². The second-order valence-corrected chi connectivity index (χ2v) is 38.2. The van der Waals surface area contributed by atoms with Crippen molar-refractivity contribution in [3.05, 3.63) is 23.3 Å². The predicted molar refractivity (Wildman–Crippen MR) is 227 cm³/mol. The summed E-state index contributed by atoms with van der Waals surface area (Å²) in [5.74, 6) is 6.48. The molecule has 1 aromatic carbocycles. The van der Waals surface area contributed by atoms with E-state index < -0.39 is 16.1 Å². The molecule has 2 unspecified atom stereocenters. The fourth-order valence-electron chi connectivity index (χ4n) is 15.0. The summed E-state index contributed by atoms with van der Waals surface area (Å²) in [6.07, 6.45) is 28.2. The van der Waals surface area contributed by atoms with E-state index in [1.807, 2.05) is 21.5 Å². The van der Waals surface area contributed by atoms with Crippen LogP contribution in [0.4, 0.5) is 0 Å². The lowest BCUT2D eigenvalue weighted by atomic mass is 9.55. The molecular weight excluding hydrogens is 675 g/mol. The Bertz CT molecular complexity index is 1270. The average Bonchev–Trinajstić information content (AvgIpc) is 3.04. The quantitative estimate of drug-likeness (QED) is 0.184. The second-order valence-electron chi connectivity index (χ2n) is 22.2. The normalized spacial score (nSPS) is 42.2. The molecule has 8 aliphatic carbocycles. The van der Waals surface area contributed by atoms with E-state index in [9.17, 15) is 0 Å². The summed E-state index contributed by atoms with van der Waals surface area (Å²) in [5.41, 5.74) is 5.66. The monoisotopic (exact) mass is 748 g/mol. The van der Waals surface area contributed by atoms with Gasteiger partial charge in [-0.2, -0.15) is 0 Å². The Kier molecular flexibility index (Phi) is 9.80. The Morgan fingerprint density at radius 3 is 1.24 bits per heavy atom. The largest absolute Gasteiger partial charge is 0.316 e. The molecule has 278 valence electrons. The number of hydrogen-bond acceptors (Lipinski definition) is 2. The van der Waals surface area contributed by atoms with Crippen molar-refractivity contribution in [2.24, 2.45) is 35.5 Å². The summed E-state index contributed by atoms with van der Waals surface area (Å²) in [5, 5.41) is 13.0. The SMILES string of the molecule is C[Si](C)(C)c1cc(CP(C2CCCNC2)C2CCCNC2)c(CP(C23CC4CC(CC(C4)C2)C3)C23CC4CC(CC(C4)C2)C3)cc1[Si](C)(C)C. The summed E-state index contributed by atoms with van der Waals surface area (Å²) in [7, 11) is -3.09. The highest BCUT2D eigenvalue weighted by molar-refractivity contribution is 7.60. The molecule has 1 aromatic rings. The molecule has 10 aliphatic rings. The zero-order valence-electron chi connectivity index (χ0n) is 33.2. The van der Waals surface area contributed by atoms with Crippen LogP contribution in [0.2, 0.25) is 39.3 Å². The molecule has 2 aliphatic heterocycles. The molecule has 2 atom stereocenters. The van der Waals surface area contributed by atoms with Gasteiger partial charge in [0, 0.05) is 13.1 Å². The minimum atomic E-state index is -1.51. The van der Waals surface area contributed by atoms with Gasteiger partial charge in [-0.05, 0) is 196 Å². The van der Waals surface area contributed by atoms with E-state index in [1.54, 1.807) is 77.0 Å². The zero-order valence-corrected chi connectivity index (χ0v) is 37.0. The molecule has 0 aromatic heterocycles. The fourth-order valence-corrected chi connectivity index (χ4v) is 29.0. The van der Waals surface area contributed by atoms with Gasteiger partial charge in [-0.15, -0.1) is 0 Å². The third kappa shape index (κ3) is 6.82. The Morgan fingerprint density at radius 1 is 0.560 bits per heavy atom. The first kappa shape index (κ1) is 36.1. The van der Waals surface area contributed by atoms with Gasteiger partial charge in [0.25, 0.3) is 0 Å². The van der Waals surface area contributed by atoms with Crippen molar-refractivity contribution in [3.8, 4) is 0 Å². The maximum atomic E-state index is 3.91. The molecule has 2 heterocycles. The minimum absolute atomic E-state index is 0.0320. The van der Waals surface area contributed by atoms with Crippen LogP contribution in [0.15, 0.2) is 12.1 Å².